The SMILES string of the molecule is CC(=O)OCC(C)CCC[C@@H](C)[C@H]1CC[C@H]2[C@@H]3C(Br)C(=O)C4CCCC[C@]4(C)[C@H]3CC[C@]12C. The Kier molecular flexibility index (Phi) is 7.74. The van der Waals surface area contributed by atoms with E-state index in [0.717, 1.165) is 30.6 Å². The molecule has 0 bridgehead atoms. The van der Waals surface area contributed by atoms with E-state index in [1.807, 2.05) is 0 Å². The Morgan fingerprint density at radius 1 is 1.03 bits per heavy atom. The van der Waals surface area contributed by atoms with Crippen LogP contribution in [-0.2, 0) is 14.3 Å². The van der Waals surface area contributed by atoms with E-state index in [2.05, 4.69) is 43.6 Å². The Morgan fingerprint density at radius 3 is 2.48 bits per heavy atom. The third kappa shape index (κ3) is 4.60. The lowest BCUT2D eigenvalue weighted by atomic mass is 9.44. The smallest absolute Gasteiger partial charge is 0.302 e. The Morgan fingerprint density at radius 2 is 1.76 bits per heavy atom. The van der Waals surface area contributed by atoms with E-state index in [1.165, 1.54) is 64.7 Å². The van der Waals surface area contributed by atoms with Gasteiger partial charge in [0.1, 0.15) is 5.78 Å². The van der Waals surface area contributed by atoms with Crippen molar-refractivity contribution in [1.29, 1.82) is 0 Å². The summed E-state index contributed by atoms with van der Waals surface area (Å²) in [4.78, 5) is 24.7. The normalized spacial score (nSPS) is 44.4. The number of Topliss-reactive ketones (excluding diaryl/α,β-unsaturated/α-hetero) is 1. The molecule has 4 saturated carbocycles. The number of hydrogen-bond acceptors (Lipinski definition) is 3. The number of alkyl halides is 1. The third-order valence-corrected chi connectivity index (χ3v) is 12.1. The Bertz CT molecular complexity index is 736. The van der Waals surface area contributed by atoms with Crippen LogP contribution in [0.1, 0.15) is 105 Å². The summed E-state index contributed by atoms with van der Waals surface area (Å²) < 4.78 is 5.19. The number of carbonyl (C=O) groups is 2. The first-order valence-corrected chi connectivity index (χ1v) is 14.8. The highest BCUT2D eigenvalue weighted by molar-refractivity contribution is 9.10. The van der Waals surface area contributed by atoms with E-state index in [4.69, 9.17) is 4.74 Å². The van der Waals surface area contributed by atoms with Crippen LogP contribution in [0.25, 0.3) is 0 Å². The highest BCUT2D eigenvalue weighted by atomic mass is 79.9. The van der Waals surface area contributed by atoms with Crippen LogP contribution in [0.5, 0.6) is 0 Å². The lowest BCUT2D eigenvalue weighted by Gasteiger charge is -2.61. The van der Waals surface area contributed by atoms with Crippen molar-refractivity contribution < 1.29 is 14.3 Å². The lowest BCUT2D eigenvalue weighted by molar-refractivity contribution is -0.152. The summed E-state index contributed by atoms with van der Waals surface area (Å²) >= 11 is 4.00. The quantitative estimate of drug-likeness (QED) is 0.255. The van der Waals surface area contributed by atoms with Gasteiger partial charge in [-0.15, -0.1) is 0 Å². The van der Waals surface area contributed by atoms with E-state index in [1.54, 1.807) is 0 Å². The number of carbonyl (C=O) groups excluding carboxylic acids is 2. The fourth-order valence-electron chi connectivity index (χ4n) is 9.33. The minimum Gasteiger partial charge on any atom is -0.466 e. The molecule has 0 saturated heterocycles. The monoisotopic (exact) mass is 522 g/mol. The number of ketones is 1. The molecule has 4 aliphatic carbocycles. The first-order chi connectivity index (χ1) is 15.6. The maximum absolute atomic E-state index is 13.6. The summed E-state index contributed by atoms with van der Waals surface area (Å²) in [5, 5.41) is 0. The Labute approximate surface area is 210 Å². The van der Waals surface area contributed by atoms with Gasteiger partial charge in [0, 0.05) is 12.8 Å². The van der Waals surface area contributed by atoms with Crippen molar-refractivity contribution in [3.63, 3.8) is 0 Å². The molecular formula is C29H47BrO3. The zero-order valence-corrected chi connectivity index (χ0v) is 23.3. The number of hydrogen-bond donors (Lipinski definition) is 0. The molecule has 3 nitrogen and oxygen atoms in total. The number of halogens is 1. The highest BCUT2D eigenvalue weighted by Crippen LogP contribution is 2.68. The number of ether oxygens (including phenoxy) is 1. The predicted molar refractivity (Wildman–Crippen MR) is 137 cm³/mol. The van der Waals surface area contributed by atoms with Gasteiger partial charge in [-0.25, -0.2) is 0 Å². The zero-order chi connectivity index (χ0) is 24.0. The molecule has 0 radical (unpaired) electrons. The number of esters is 1. The van der Waals surface area contributed by atoms with Gasteiger partial charge in [-0.05, 0) is 91.3 Å². The van der Waals surface area contributed by atoms with E-state index >= 15 is 0 Å². The first kappa shape index (κ1) is 25.7. The first-order valence-electron chi connectivity index (χ1n) is 13.9. The second kappa shape index (κ2) is 9.94. The predicted octanol–water partition coefficient (Wildman–Crippen LogP) is 7.59. The van der Waals surface area contributed by atoms with Gasteiger partial charge in [0.05, 0.1) is 11.4 Å². The molecular weight excluding hydrogens is 476 g/mol. The number of fused-ring (bicyclic) bond motifs is 5. The second-order valence-electron chi connectivity index (χ2n) is 12.9. The molecule has 4 fully saturated rings. The minimum absolute atomic E-state index is 0.0829. The van der Waals surface area contributed by atoms with Gasteiger partial charge in [-0.3, -0.25) is 9.59 Å². The van der Waals surface area contributed by atoms with Gasteiger partial charge in [0.25, 0.3) is 0 Å². The van der Waals surface area contributed by atoms with Gasteiger partial charge in [0.2, 0.25) is 0 Å². The topological polar surface area (TPSA) is 43.4 Å². The molecule has 0 heterocycles. The van der Waals surface area contributed by atoms with Crippen molar-refractivity contribution in [3.8, 4) is 0 Å². The van der Waals surface area contributed by atoms with E-state index in [-0.39, 0.29) is 16.2 Å². The summed E-state index contributed by atoms with van der Waals surface area (Å²) in [6.45, 7) is 11.8. The maximum Gasteiger partial charge on any atom is 0.302 e. The Hall–Kier alpha value is -0.380. The molecule has 0 spiro atoms. The molecule has 0 N–H and O–H groups in total. The molecule has 4 aliphatic rings. The summed E-state index contributed by atoms with van der Waals surface area (Å²) in [7, 11) is 0. The van der Waals surface area contributed by atoms with E-state index < -0.39 is 0 Å². The largest absolute Gasteiger partial charge is 0.466 e. The summed E-state index contributed by atoms with van der Waals surface area (Å²) in [6.07, 6.45) is 13.9. The fraction of sp³-hybridized carbons (Fsp3) is 0.931. The minimum atomic E-state index is -0.171. The van der Waals surface area contributed by atoms with Crippen LogP contribution >= 0.6 is 15.9 Å². The molecule has 0 aromatic heterocycles. The summed E-state index contributed by atoms with van der Waals surface area (Å²) in [5.41, 5.74) is 0.626. The molecule has 3 unspecified atom stereocenters. The molecule has 4 heteroatoms. The molecule has 0 aromatic carbocycles. The van der Waals surface area contributed by atoms with Crippen LogP contribution < -0.4 is 0 Å². The second-order valence-corrected chi connectivity index (χ2v) is 13.9. The third-order valence-electron chi connectivity index (χ3n) is 11.1. The molecule has 0 aromatic rings. The maximum atomic E-state index is 13.6. The van der Waals surface area contributed by atoms with Crippen molar-refractivity contribution >= 4 is 27.7 Å². The standard InChI is InChI=1S/C29H47BrO3/c1-18(17-33-20(3)31)9-8-10-19(2)21-12-13-22-25-23(14-16-29(21,22)5)28(4)15-7-6-11-24(28)27(32)26(25)30/h18-19,21-26H,6-17H2,1-5H3/t18?,19-,21-,22+,23+,24?,25+,26?,28-,29-/m1/s1. The summed E-state index contributed by atoms with van der Waals surface area (Å²) in [5.74, 6) is 4.57. The molecule has 10 atom stereocenters. The van der Waals surface area contributed by atoms with Crippen LogP contribution in [0, 0.1) is 52.3 Å². The van der Waals surface area contributed by atoms with Crippen molar-refractivity contribution in [2.24, 2.45) is 52.3 Å². The Balaban J connectivity index is 1.42. The summed E-state index contributed by atoms with van der Waals surface area (Å²) in [6, 6.07) is 0. The van der Waals surface area contributed by atoms with E-state index in [9.17, 15) is 9.59 Å². The molecule has 0 aliphatic heterocycles. The van der Waals surface area contributed by atoms with Crippen molar-refractivity contribution in [2.45, 2.75) is 110 Å². The van der Waals surface area contributed by atoms with Gasteiger partial charge in [-0.2, -0.15) is 0 Å². The van der Waals surface area contributed by atoms with Gasteiger partial charge >= 0.3 is 5.97 Å². The van der Waals surface area contributed by atoms with Crippen LogP contribution in [0.3, 0.4) is 0 Å². The van der Waals surface area contributed by atoms with Crippen molar-refractivity contribution in [1.82, 2.24) is 0 Å². The van der Waals surface area contributed by atoms with Gasteiger partial charge < -0.3 is 4.74 Å². The lowest BCUT2D eigenvalue weighted by Crippen LogP contribution is -2.60. The molecule has 4 rings (SSSR count). The number of rotatable bonds is 7. The average molecular weight is 524 g/mol. The fourth-order valence-corrected chi connectivity index (χ4v) is 10.4. The van der Waals surface area contributed by atoms with Gasteiger partial charge in [0.15, 0.2) is 0 Å². The van der Waals surface area contributed by atoms with Crippen LogP contribution in [0.2, 0.25) is 0 Å². The average Bonchev–Trinajstić information content (AvgIpc) is 3.12. The van der Waals surface area contributed by atoms with Gasteiger partial charge in [-0.1, -0.05) is 69.3 Å². The highest BCUT2D eigenvalue weighted by Gasteiger charge is 2.64. The molecule has 33 heavy (non-hydrogen) atoms. The van der Waals surface area contributed by atoms with Crippen LogP contribution in [0.4, 0.5) is 0 Å². The van der Waals surface area contributed by atoms with Crippen molar-refractivity contribution in [2.75, 3.05) is 6.61 Å². The molecule has 188 valence electrons. The molecule has 0 amide bonds. The van der Waals surface area contributed by atoms with E-state index in [0.29, 0.717) is 41.5 Å². The van der Waals surface area contributed by atoms with Crippen LogP contribution in [0.15, 0.2) is 0 Å². The zero-order valence-electron chi connectivity index (χ0n) is 21.7. The van der Waals surface area contributed by atoms with Crippen LogP contribution in [-0.4, -0.2) is 23.2 Å². The van der Waals surface area contributed by atoms with Crippen molar-refractivity contribution in [3.05, 3.63) is 0 Å².